The maximum atomic E-state index is 12.6. The van der Waals surface area contributed by atoms with E-state index in [0.717, 1.165) is 5.69 Å². The highest BCUT2D eigenvalue weighted by molar-refractivity contribution is 7.80. The first kappa shape index (κ1) is 18.4. The summed E-state index contributed by atoms with van der Waals surface area (Å²) in [6.45, 7) is 0.159. The number of hydrogen-bond acceptors (Lipinski definition) is 6. The number of anilines is 2. The van der Waals surface area contributed by atoms with Crippen molar-refractivity contribution in [2.24, 2.45) is 0 Å². The standard InChI is InChI=1S/C15H20N4O6S/c1-17(2)11-5-3-10(4-6-11)16-14(20)13-8-7-12-9-18(13)15(21)19(12)25-26(22,23)24/h3-6,12-13H,7-9H2,1-2H3,(H,16,20)(H,22,23,24)/t12-,13+/m0/s1. The first-order valence-corrected chi connectivity index (χ1v) is 9.37. The molecule has 2 fully saturated rings. The fourth-order valence-electron chi connectivity index (χ4n) is 3.17. The van der Waals surface area contributed by atoms with Crippen LogP contribution in [0.2, 0.25) is 0 Å². The van der Waals surface area contributed by atoms with Gasteiger partial charge in [0.05, 0.1) is 6.04 Å². The van der Waals surface area contributed by atoms with E-state index in [1.807, 2.05) is 31.1 Å². The smallest absolute Gasteiger partial charge is 0.378 e. The molecule has 2 bridgehead atoms. The predicted octanol–water partition coefficient (Wildman–Crippen LogP) is 0.694. The molecule has 2 aliphatic heterocycles. The highest BCUT2D eigenvalue weighted by Crippen LogP contribution is 2.31. The number of carbonyl (C=O) groups is 2. The molecule has 11 heteroatoms. The summed E-state index contributed by atoms with van der Waals surface area (Å²) >= 11 is 0. The number of hydrogen-bond donors (Lipinski definition) is 2. The third kappa shape index (κ3) is 3.74. The summed E-state index contributed by atoms with van der Waals surface area (Å²) in [5, 5.41) is 3.39. The van der Waals surface area contributed by atoms with Crippen LogP contribution in [-0.2, 0) is 19.5 Å². The minimum atomic E-state index is -4.80. The molecule has 10 nitrogen and oxygen atoms in total. The Morgan fingerprint density at radius 2 is 1.92 bits per heavy atom. The van der Waals surface area contributed by atoms with Crippen LogP contribution in [-0.4, -0.2) is 67.6 Å². The number of piperidine rings is 1. The van der Waals surface area contributed by atoms with Crippen molar-refractivity contribution >= 4 is 33.7 Å². The summed E-state index contributed by atoms with van der Waals surface area (Å²) in [6, 6.07) is 5.23. The van der Waals surface area contributed by atoms with Crippen molar-refractivity contribution in [2.45, 2.75) is 24.9 Å². The van der Waals surface area contributed by atoms with E-state index in [-0.39, 0.29) is 12.5 Å². The van der Waals surface area contributed by atoms with Gasteiger partial charge in [-0.1, -0.05) is 0 Å². The van der Waals surface area contributed by atoms with Gasteiger partial charge in [0, 0.05) is 32.0 Å². The number of benzene rings is 1. The average molecular weight is 384 g/mol. The predicted molar refractivity (Wildman–Crippen MR) is 92.8 cm³/mol. The van der Waals surface area contributed by atoms with Crippen molar-refractivity contribution in [1.29, 1.82) is 0 Å². The molecule has 0 aliphatic carbocycles. The van der Waals surface area contributed by atoms with Crippen LogP contribution in [0.25, 0.3) is 0 Å². The van der Waals surface area contributed by atoms with Gasteiger partial charge < -0.3 is 15.1 Å². The van der Waals surface area contributed by atoms with Gasteiger partial charge in [0.25, 0.3) is 0 Å². The molecule has 26 heavy (non-hydrogen) atoms. The van der Waals surface area contributed by atoms with Gasteiger partial charge in [0.2, 0.25) is 5.91 Å². The molecule has 2 saturated heterocycles. The first-order valence-electron chi connectivity index (χ1n) is 8.01. The number of rotatable bonds is 5. The Bertz CT molecular complexity index is 810. The van der Waals surface area contributed by atoms with Crippen LogP contribution in [0, 0.1) is 0 Å². The molecule has 1 aromatic rings. The van der Waals surface area contributed by atoms with Crippen molar-refractivity contribution < 1.29 is 26.8 Å². The second-order valence-electron chi connectivity index (χ2n) is 6.44. The molecule has 0 saturated carbocycles. The number of amides is 3. The minimum Gasteiger partial charge on any atom is -0.378 e. The van der Waals surface area contributed by atoms with E-state index in [2.05, 4.69) is 9.60 Å². The van der Waals surface area contributed by atoms with Crippen molar-refractivity contribution in [3.8, 4) is 0 Å². The van der Waals surface area contributed by atoms with E-state index < -0.39 is 28.5 Å². The van der Waals surface area contributed by atoms with E-state index in [1.165, 1.54) is 4.90 Å². The summed E-state index contributed by atoms with van der Waals surface area (Å²) in [5.74, 6) is -0.358. The zero-order chi connectivity index (χ0) is 19.1. The average Bonchev–Trinajstić information content (AvgIpc) is 2.79. The molecule has 2 N–H and O–H groups in total. The van der Waals surface area contributed by atoms with E-state index in [4.69, 9.17) is 4.55 Å². The molecular weight excluding hydrogens is 364 g/mol. The number of nitrogens with zero attached hydrogens (tertiary/aromatic N) is 3. The van der Waals surface area contributed by atoms with Gasteiger partial charge in [-0.15, -0.1) is 4.28 Å². The Balaban J connectivity index is 1.68. The van der Waals surface area contributed by atoms with Gasteiger partial charge >= 0.3 is 16.4 Å². The number of hydroxylamine groups is 2. The normalized spacial score (nSPS) is 22.5. The molecule has 0 spiro atoms. The lowest BCUT2D eigenvalue weighted by Gasteiger charge is -2.29. The van der Waals surface area contributed by atoms with Crippen molar-refractivity contribution in [3.05, 3.63) is 24.3 Å². The van der Waals surface area contributed by atoms with Gasteiger partial charge in [-0.05, 0) is 37.1 Å². The van der Waals surface area contributed by atoms with Gasteiger partial charge in [-0.3, -0.25) is 9.35 Å². The second kappa shape index (κ2) is 6.74. The highest BCUT2D eigenvalue weighted by Gasteiger charge is 2.49. The van der Waals surface area contributed by atoms with Crippen LogP contribution >= 0.6 is 0 Å². The Hall–Kier alpha value is -2.37. The maximum Gasteiger partial charge on any atom is 0.418 e. The summed E-state index contributed by atoms with van der Waals surface area (Å²) < 4.78 is 34.9. The van der Waals surface area contributed by atoms with Crippen LogP contribution in [0.5, 0.6) is 0 Å². The Kier molecular flexibility index (Phi) is 4.78. The molecule has 1 aromatic carbocycles. The first-order chi connectivity index (χ1) is 12.2. The molecule has 3 rings (SSSR count). The lowest BCUT2D eigenvalue weighted by atomic mass is 10.0. The topological polar surface area (TPSA) is 119 Å². The Morgan fingerprint density at radius 1 is 1.27 bits per heavy atom. The summed E-state index contributed by atoms with van der Waals surface area (Å²) in [5.41, 5.74) is 1.58. The van der Waals surface area contributed by atoms with Gasteiger partial charge in [-0.25, -0.2) is 4.79 Å². The monoisotopic (exact) mass is 384 g/mol. The number of fused-ring (bicyclic) bond motifs is 2. The fraction of sp³-hybridized carbons (Fsp3) is 0.467. The zero-order valence-corrected chi connectivity index (χ0v) is 15.1. The molecule has 0 radical (unpaired) electrons. The minimum absolute atomic E-state index is 0.159. The fourth-order valence-corrected chi connectivity index (χ4v) is 3.56. The molecule has 2 atom stereocenters. The van der Waals surface area contributed by atoms with E-state index >= 15 is 0 Å². The van der Waals surface area contributed by atoms with Gasteiger partial charge in [-0.2, -0.15) is 13.5 Å². The van der Waals surface area contributed by atoms with E-state index in [0.29, 0.717) is 23.6 Å². The maximum absolute atomic E-state index is 12.6. The number of urea groups is 1. The summed E-state index contributed by atoms with van der Waals surface area (Å²) in [4.78, 5) is 28.1. The lowest BCUT2D eigenvalue weighted by Crippen LogP contribution is -2.47. The quantitative estimate of drug-likeness (QED) is 0.717. The van der Waals surface area contributed by atoms with Crippen LogP contribution in [0.1, 0.15) is 12.8 Å². The summed E-state index contributed by atoms with van der Waals surface area (Å²) in [6.07, 6.45) is 0.749. The molecule has 0 aromatic heterocycles. The highest BCUT2D eigenvalue weighted by atomic mass is 32.3. The number of carbonyl (C=O) groups excluding carboxylic acids is 2. The van der Waals surface area contributed by atoms with Crippen LogP contribution < -0.4 is 10.2 Å². The van der Waals surface area contributed by atoms with E-state index in [9.17, 15) is 18.0 Å². The molecular formula is C15H20N4O6S. The third-order valence-corrected chi connectivity index (χ3v) is 4.80. The van der Waals surface area contributed by atoms with Crippen LogP contribution in [0.3, 0.4) is 0 Å². The molecule has 2 aliphatic rings. The Labute approximate surface area is 151 Å². The van der Waals surface area contributed by atoms with Crippen molar-refractivity contribution in [1.82, 2.24) is 9.96 Å². The molecule has 0 unspecified atom stereocenters. The SMILES string of the molecule is CN(C)c1ccc(NC(=O)[C@H]2CC[C@H]3CN2C(=O)N3OS(=O)(=O)O)cc1. The number of nitrogens with one attached hydrogen (secondary N) is 1. The van der Waals surface area contributed by atoms with Gasteiger partial charge in [0.15, 0.2) is 0 Å². The largest absolute Gasteiger partial charge is 0.418 e. The second-order valence-corrected chi connectivity index (χ2v) is 7.45. The van der Waals surface area contributed by atoms with Gasteiger partial charge in [0.1, 0.15) is 6.04 Å². The van der Waals surface area contributed by atoms with Crippen molar-refractivity contribution in [2.75, 3.05) is 30.9 Å². The molecule has 142 valence electrons. The zero-order valence-electron chi connectivity index (χ0n) is 14.3. The van der Waals surface area contributed by atoms with E-state index in [1.54, 1.807) is 12.1 Å². The summed E-state index contributed by atoms with van der Waals surface area (Å²) in [7, 11) is -0.986. The Morgan fingerprint density at radius 3 is 2.50 bits per heavy atom. The van der Waals surface area contributed by atoms with Crippen molar-refractivity contribution in [3.63, 3.8) is 0 Å². The van der Waals surface area contributed by atoms with Crippen LogP contribution in [0.4, 0.5) is 16.2 Å². The molecule has 3 amide bonds. The molecule has 2 heterocycles. The lowest BCUT2D eigenvalue weighted by molar-refractivity contribution is -0.120. The van der Waals surface area contributed by atoms with Crippen LogP contribution in [0.15, 0.2) is 24.3 Å². The third-order valence-electron chi connectivity index (χ3n) is 4.45.